The molecule has 0 aliphatic heterocycles. The zero-order chi connectivity index (χ0) is 14.5. The summed E-state index contributed by atoms with van der Waals surface area (Å²) in [4.78, 5) is 17.0. The quantitative estimate of drug-likeness (QED) is 0.783. The van der Waals surface area contributed by atoms with Gasteiger partial charge in [0.05, 0.1) is 0 Å². The summed E-state index contributed by atoms with van der Waals surface area (Å²) in [7, 11) is 0. The first-order valence-corrected chi connectivity index (χ1v) is 6.74. The Balaban J connectivity index is 2.05. The number of carbonyl (C=O) groups is 1. The van der Waals surface area contributed by atoms with E-state index in [4.69, 9.17) is 5.73 Å². The number of aromatic nitrogens is 1. The summed E-state index contributed by atoms with van der Waals surface area (Å²) in [6.07, 6.45) is 1.60. The van der Waals surface area contributed by atoms with Crippen molar-refractivity contribution in [1.82, 2.24) is 4.98 Å². The van der Waals surface area contributed by atoms with Gasteiger partial charge in [0.1, 0.15) is 5.69 Å². The van der Waals surface area contributed by atoms with E-state index in [0.717, 1.165) is 24.5 Å². The van der Waals surface area contributed by atoms with Gasteiger partial charge in [-0.1, -0.05) is 0 Å². The maximum atomic E-state index is 12.0. The number of rotatable bonds is 5. The number of nitrogen functional groups attached to an aromatic ring is 1. The van der Waals surface area contributed by atoms with Crippen LogP contribution in [0.5, 0.6) is 0 Å². The van der Waals surface area contributed by atoms with Gasteiger partial charge in [-0.3, -0.25) is 4.79 Å². The van der Waals surface area contributed by atoms with E-state index < -0.39 is 0 Å². The zero-order valence-corrected chi connectivity index (χ0v) is 11.8. The normalized spacial score (nSPS) is 10.3. The summed E-state index contributed by atoms with van der Waals surface area (Å²) in [6, 6.07) is 9.42. The van der Waals surface area contributed by atoms with Crippen molar-refractivity contribution in [3.63, 3.8) is 0 Å². The minimum Gasteiger partial charge on any atom is -0.397 e. The number of carbonyl (C=O) groups excluding carboxylic acids is 1. The van der Waals surface area contributed by atoms with E-state index in [9.17, 15) is 4.79 Å². The van der Waals surface area contributed by atoms with E-state index in [-0.39, 0.29) is 5.91 Å². The number of anilines is 3. The average Bonchev–Trinajstić information content (AvgIpc) is 2.89. The third kappa shape index (κ3) is 3.12. The monoisotopic (exact) mass is 272 g/mol. The lowest BCUT2D eigenvalue weighted by Crippen LogP contribution is -2.21. The number of nitrogens with one attached hydrogen (secondary N) is 2. The molecule has 4 N–H and O–H groups in total. The highest BCUT2D eigenvalue weighted by Gasteiger charge is 2.08. The van der Waals surface area contributed by atoms with E-state index in [0.29, 0.717) is 11.4 Å². The Morgan fingerprint density at radius 3 is 2.40 bits per heavy atom. The van der Waals surface area contributed by atoms with Gasteiger partial charge >= 0.3 is 0 Å². The van der Waals surface area contributed by atoms with Crippen molar-refractivity contribution in [2.24, 2.45) is 0 Å². The number of aromatic amines is 1. The highest BCUT2D eigenvalue weighted by atomic mass is 16.1. The molecule has 5 heteroatoms. The van der Waals surface area contributed by atoms with E-state index >= 15 is 0 Å². The molecule has 1 heterocycles. The van der Waals surface area contributed by atoms with Gasteiger partial charge < -0.3 is 20.9 Å². The Labute approximate surface area is 118 Å². The molecule has 0 spiro atoms. The molecule has 1 amide bonds. The van der Waals surface area contributed by atoms with Crippen LogP contribution in [0, 0.1) is 0 Å². The van der Waals surface area contributed by atoms with E-state index in [1.54, 1.807) is 12.3 Å². The summed E-state index contributed by atoms with van der Waals surface area (Å²) in [5, 5.41) is 2.83. The number of hydrogen-bond donors (Lipinski definition) is 3. The van der Waals surface area contributed by atoms with Crippen LogP contribution in [0.2, 0.25) is 0 Å². The van der Waals surface area contributed by atoms with Crippen LogP contribution in [0.1, 0.15) is 24.3 Å². The van der Waals surface area contributed by atoms with E-state index in [1.165, 1.54) is 0 Å². The number of hydrogen-bond acceptors (Lipinski definition) is 3. The number of benzene rings is 1. The van der Waals surface area contributed by atoms with Crippen molar-refractivity contribution in [1.29, 1.82) is 0 Å². The fourth-order valence-corrected chi connectivity index (χ4v) is 2.08. The van der Waals surface area contributed by atoms with Crippen LogP contribution in [0.25, 0.3) is 0 Å². The molecule has 0 unspecified atom stereocenters. The van der Waals surface area contributed by atoms with Crippen LogP contribution in [-0.2, 0) is 0 Å². The molecule has 1 aromatic heterocycles. The SMILES string of the molecule is CCN(CC)c1ccc(NC(=O)c2cc(N)c[nH]2)cc1. The molecule has 1 aromatic carbocycles. The van der Waals surface area contributed by atoms with E-state index in [2.05, 4.69) is 29.0 Å². The fraction of sp³-hybridized carbons (Fsp3) is 0.267. The summed E-state index contributed by atoms with van der Waals surface area (Å²) in [5.41, 5.74) is 8.49. The number of amides is 1. The van der Waals surface area contributed by atoms with Crippen LogP contribution in [0.4, 0.5) is 17.1 Å². The Hall–Kier alpha value is -2.43. The van der Waals surface area contributed by atoms with Gasteiger partial charge in [-0.15, -0.1) is 0 Å². The molecule has 0 saturated carbocycles. The van der Waals surface area contributed by atoms with Crippen molar-refractivity contribution in [2.45, 2.75) is 13.8 Å². The molecule has 2 aromatic rings. The molecule has 2 rings (SSSR count). The topological polar surface area (TPSA) is 74.2 Å². The lowest BCUT2D eigenvalue weighted by molar-refractivity contribution is 0.102. The summed E-state index contributed by atoms with van der Waals surface area (Å²) in [5.74, 6) is -0.197. The molecule has 0 fully saturated rings. The van der Waals surface area contributed by atoms with Gasteiger partial charge in [0.2, 0.25) is 0 Å². The maximum Gasteiger partial charge on any atom is 0.272 e. The summed E-state index contributed by atoms with van der Waals surface area (Å²) < 4.78 is 0. The van der Waals surface area contributed by atoms with Gasteiger partial charge in [0.25, 0.3) is 5.91 Å². The smallest absolute Gasteiger partial charge is 0.272 e. The Kier molecular flexibility index (Phi) is 4.30. The van der Waals surface area contributed by atoms with Crippen LogP contribution in [-0.4, -0.2) is 24.0 Å². The van der Waals surface area contributed by atoms with Crippen LogP contribution >= 0.6 is 0 Å². The minimum atomic E-state index is -0.197. The second-order valence-electron chi connectivity index (χ2n) is 4.52. The minimum absolute atomic E-state index is 0.197. The van der Waals surface area contributed by atoms with Crippen molar-refractivity contribution in [3.8, 4) is 0 Å². The lowest BCUT2D eigenvalue weighted by atomic mass is 10.2. The highest BCUT2D eigenvalue weighted by Crippen LogP contribution is 2.18. The average molecular weight is 272 g/mol. The van der Waals surface area contributed by atoms with E-state index in [1.807, 2.05) is 24.3 Å². The number of H-pyrrole nitrogens is 1. The molecule has 5 nitrogen and oxygen atoms in total. The van der Waals surface area contributed by atoms with Gasteiger partial charge in [-0.2, -0.15) is 0 Å². The molecule has 0 bridgehead atoms. The number of nitrogens with zero attached hydrogens (tertiary/aromatic N) is 1. The Morgan fingerprint density at radius 1 is 1.25 bits per heavy atom. The van der Waals surface area contributed by atoms with Gasteiger partial charge in [-0.05, 0) is 44.2 Å². The zero-order valence-electron chi connectivity index (χ0n) is 11.8. The molecular formula is C15H20N4O. The first kappa shape index (κ1) is 14.0. The molecule has 0 radical (unpaired) electrons. The summed E-state index contributed by atoms with van der Waals surface area (Å²) >= 11 is 0. The predicted molar refractivity (Wildman–Crippen MR) is 83.2 cm³/mol. The number of nitrogens with two attached hydrogens (primary N) is 1. The predicted octanol–water partition coefficient (Wildman–Crippen LogP) is 2.70. The molecule has 0 atom stereocenters. The fourth-order valence-electron chi connectivity index (χ4n) is 2.08. The molecule has 106 valence electrons. The van der Waals surface area contributed by atoms with Crippen molar-refractivity contribution >= 4 is 23.0 Å². The van der Waals surface area contributed by atoms with Crippen molar-refractivity contribution in [2.75, 3.05) is 29.0 Å². The standard InChI is InChI=1S/C15H20N4O/c1-3-19(4-2)13-7-5-12(6-8-13)18-15(20)14-9-11(16)10-17-14/h5-10,17H,3-4,16H2,1-2H3,(H,18,20). The summed E-state index contributed by atoms with van der Waals surface area (Å²) in [6.45, 7) is 6.16. The highest BCUT2D eigenvalue weighted by molar-refractivity contribution is 6.03. The van der Waals surface area contributed by atoms with Crippen LogP contribution < -0.4 is 16.0 Å². The molecular weight excluding hydrogens is 252 g/mol. The van der Waals surface area contributed by atoms with Gasteiger partial charge in [0.15, 0.2) is 0 Å². The van der Waals surface area contributed by atoms with Crippen LogP contribution in [0.15, 0.2) is 36.5 Å². The maximum absolute atomic E-state index is 12.0. The Morgan fingerprint density at radius 2 is 1.90 bits per heavy atom. The van der Waals surface area contributed by atoms with Crippen LogP contribution in [0.3, 0.4) is 0 Å². The first-order chi connectivity index (χ1) is 9.63. The lowest BCUT2D eigenvalue weighted by Gasteiger charge is -2.21. The molecule has 20 heavy (non-hydrogen) atoms. The third-order valence-corrected chi connectivity index (χ3v) is 3.20. The van der Waals surface area contributed by atoms with Gasteiger partial charge in [-0.25, -0.2) is 0 Å². The Bertz CT molecular complexity index is 570. The second kappa shape index (κ2) is 6.14. The third-order valence-electron chi connectivity index (χ3n) is 3.20. The largest absolute Gasteiger partial charge is 0.397 e. The molecule has 0 aliphatic rings. The molecule has 0 saturated heterocycles. The first-order valence-electron chi connectivity index (χ1n) is 6.74. The molecule has 0 aliphatic carbocycles. The second-order valence-corrected chi connectivity index (χ2v) is 4.52. The van der Waals surface area contributed by atoms with Crippen molar-refractivity contribution < 1.29 is 4.79 Å². The van der Waals surface area contributed by atoms with Crippen molar-refractivity contribution in [3.05, 3.63) is 42.2 Å². The van der Waals surface area contributed by atoms with Gasteiger partial charge in [0, 0.05) is 36.3 Å².